The molecule has 0 saturated heterocycles. The van der Waals surface area contributed by atoms with Crippen LogP contribution < -0.4 is 5.43 Å². The maximum atomic E-state index is 12.2. The van der Waals surface area contributed by atoms with Crippen molar-refractivity contribution in [1.29, 1.82) is 0 Å². The van der Waals surface area contributed by atoms with Crippen LogP contribution in [0.2, 0.25) is 0 Å². The summed E-state index contributed by atoms with van der Waals surface area (Å²) in [5.41, 5.74) is 4.27. The van der Waals surface area contributed by atoms with E-state index in [1.54, 1.807) is 13.4 Å². The van der Waals surface area contributed by atoms with Gasteiger partial charge < -0.3 is 9.30 Å². The third-order valence-electron chi connectivity index (χ3n) is 6.28. The number of thioether (sulfide) groups is 1. The van der Waals surface area contributed by atoms with Gasteiger partial charge in [-0.1, -0.05) is 32.5 Å². The summed E-state index contributed by atoms with van der Waals surface area (Å²) >= 11 is 1.36. The number of hydrogen-bond donors (Lipinski definition) is 1. The lowest BCUT2D eigenvalue weighted by atomic mass is 9.70. The third-order valence-corrected chi connectivity index (χ3v) is 7.26. The number of rotatable bonds is 7. The molecule has 2 saturated carbocycles. The van der Waals surface area contributed by atoms with Crippen LogP contribution in [-0.4, -0.2) is 45.9 Å². The Kier molecular flexibility index (Phi) is 5.20. The molecule has 0 aliphatic heterocycles. The molecule has 0 spiro atoms. The number of amides is 1. The molecule has 3 rings (SSSR count). The predicted molar refractivity (Wildman–Crippen MR) is 97.4 cm³/mol. The number of methoxy groups -OCH3 is 1. The first-order valence-electron chi connectivity index (χ1n) is 8.74. The Morgan fingerprint density at radius 2 is 2.32 bits per heavy atom. The van der Waals surface area contributed by atoms with Crippen LogP contribution in [0.3, 0.4) is 0 Å². The number of carbonyl (C=O) groups excluding carboxylic acids is 1. The zero-order valence-electron chi connectivity index (χ0n) is 15.4. The minimum absolute atomic E-state index is 0.108. The molecule has 2 fully saturated rings. The maximum absolute atomic E-state index is 12.2. The quantitative estimate of drug-likeness (QED) is 0.592. The highest BCUT2D eigenvalue weighted by molar-refractivity contribution is 7.99. The molecule has 25 heavy (non-hydrogen) atoms. The highest BCUT2D eigenvalue weighted by atomic mass is 32.2. The van der Waals surface area contributed by atoms with Gasteiger partial charge in [0.25, 0.3) is 5.91 Å². The smallest absolute Gasteiger partial charge is 0.250 e. The lowest BCUT2D eigenvalue weighted by Crippen LogP contribution is -2.34. The van der Waals surface area contributed by atoms with E-state index in [0.717, 1.165) is 18.6 Å². The molecule has 2 aliphatic carbocycles. The molecular weight excluding hydrogens is 338 g/mol. The van der Waals surface area contributed by atoms with Crippen LogP contribution in [0.5, 0.6) is 0 Å². The van der Waals surface area contributed by atoms with Gasteiger partial charge in [-0.3, -0.25) is 4.79 Å². The van der Waals surface area contributed by atoms with Crippen molar-refractivity contribution in [3.8, 4) is 0 Å². The molecule has 2 atom stereocenters. The second-order valence-corrected chi connectivity index (χ2v) is 8.62. The fraction of sp³-hybridized carbons (Fsp3) is 0.765. The fourth-order valence-corrected chi connectivity index (χ4v) is 4.82. The van der Waals surface area contributed by atoms with Crippen molar-refractivity contribution < 1.29 is 9.53 Å². The Bertz CT molecular complexity index is 672. The molecule has 0 radical (unpaired) electrons. The van der Waals surface area contributed by atoms with Crippen molar-refractivity contribution in [1.82, 2.24) is 20.2 Å². The number of nitrogens with one attached hydrogen (secondary N) is 1. The van der Waals surface area contributed by atoms with Gasteiger partial charge in [-0.25, -0.2) is 5.43 Å². The average molecular weight is 366 g/mol. The van der Waals surface area contributed by atoms with E-state index in [4.69, 9.17) is 4.74 Å². The van der Waals surface area contributed by atoms with Crippen LogP contribution in [0.15, 0.2) is 16.6 Å². The van der Waals surface area contributed by atoms with Gasteiger partial charge in [-0.2, -0.15) is 5.10 Å². The molecule has 2 unspecified atom stereocenters. The number of aromatic nitrogens is 3. The molecule has 2 bridgehead atoms. The molecule has 1 aromatic rings. The first kappa shape index (κ1) is 18.4. The average Bonchev–Trinajstić information content (AvgIpc) is 3.17. The molecule has 1 amide bonds. The minimum Gasteiger partial charge on any atom is -0.383 e. The van der Waals surface area contributed by atoms with Crippen molar-refractivity contribution in [3.05, 3.63) is 6.33 Å². The van der Waals surface area contributed by atoms with E-state index in [9.17, 15) is 4.79 Å². The standard InChI is InChI=1S/C17H27N5O2S/c1-16(2)12-5-6-17(16,3)13(9-12)19-20-14(23)10-25-15-21-18-11-22(15)7-8-24-4/h11-12H,5-10H2,1-4H3,(H,20,23)/b19-13+. The Morgan fingerprint density at radius 3 is 2.96 bits per heavy atom. The van der Waals surface area contributed by atoms with E-state index in [0.29, 0.717) is 24.2 Å². The molecule has 1 heterocycles. The van der Waals surface area contributed by atoms with Crippen LogP contribution in [0.4, 0.5) is 0 Å². The monoisotopic (exact) mass is 365 g/mol. The summed E-state index contributed by atoms with van der Waals surface area (Å²) < 4.78 is 6.94. The van der Waals surface area contributed by atoms with Crippen LogP contribution in [-0.2, 0) is 16.1 Å². The largest absolute Gasteiger partial charge is 0.383 e. The lowest BCUT2D eigenvalue weighted by Gasteiger charge is -2.34. The van der Waals surface area contributed by atoms with Crippen molar-refractivity contribution in [3.63, 3.8) is 0 Å². The number of hydrogen-bond acceptors (Lipinski definition) is 6. The van der Waals surface area contributed by atoms with Gasteiger partial charge in [-0.15, -0.1) is 10.2 Å². The topological polar surface area (TPSA) is 81.4 Å². The highest BCUT2D eigenvalue weighted by Gasteiger charge is 2.59. The summed E-state index contributed by atoms with van der Waals surface area (Å²) in [7, 11) is 1.65. The Balaban J connectivity index is 1.53. The summed E-state index contributed by atoms with van der Waals surface area (Å²) in [5, 5.41) is 13.1. The second-order valence-electron chi connectivity index (χ2n) is 7.68. The van der Waals surface area contributed by atoms with E-state index in [-0.39, 0.29) is 22.5 Å². The highest BCUT2D eigenvalue weighted by Crippen LogP contribution is 2.63. The van der Waals surface area contributed by atoms with Crippen molar-refractivity contribution in [2.45, 2.75) is 51.7 Å². The zero-order valence-corrected chi connectivity index (χ0v) is 16.2. The molecule has 0 aromatic carbocycles. The maximum Gasteiger partial charge on any atom is 0.250 e. The van der Waals surface area contributed by atoms with Gasteiger partial charge in [0.15, 0.2) is 5.16 Å². The summed E-state index contributed by atoms with van der Waals surface area (Å²) in [4.78, 5) is 12.2. The van der Waals surface area contributed by atoms with Gasteiger partial charge >= 0.3 is 0 Å². The Hall–Kier alpha value is -1.41. The molecule has 1 aromatic heterocycles. The van der Waals surface area contributed by atoms with Crippen LogP contribution in [0.1, 0.15) is 40.0 Å². The number of carbonyl (C=O) groups is 1. The Morgan fingerprint density at radius 1 is 1.52 bits per heavy atom. The molecule has 138 valence electrons. The van der Waals surface area contributed by atoms with Gasteiger partial charge in [0.2, 0.25) is 0 Å². The van der Waals surface area contributed by atoms with Crippen molar-refractivity contribution in [2.75, 3.05) is 19.5 Å². The molecule has 2 aliphatic rings. The SMILES string of the molecule is COCCn1cnnc1SCC(=O)N/N=C1\CC2CCC1(C)C2(C)C. The summed E-state index contributed by atoms with van der Waals surface area (Å²) in [5.74, 6) is 0.844. The summed E-state index contributed by atoms with van der Waals surface area (Å²) in [6, 6.07) is 0. The van der Waals surface area contributed by atoms with E-state index in [1.807, 2.05) is 4.57 Å². The first-order valence-corrected chi connectivity index (χ1v) is 9.72. The van der Waals surface area contributed by atoms with Crippen molar-refractivity contribution in [2.24, 2.45) is 21.8 Å². The third kappa shape index (κ3) is 3.33. The van der Waals surface area contributed by atoms with E-state index < -0.39 is 0 Å². The van der Waals surface area contributed by atoms with Gasteiger partial charge in [0.05, 0.1) is 12.4 Å². The number of fused-ring (bicyclic) bond motifs is 2. The summed E-state index contributed by atoms with van der Waals surface area (Å²) in [6.07, 6.45) is 5.08. The Labute approximate surface area is 153 Å². The van der Waals surface area contributed by atoms with Gasteiger partial charge in [-0.05, 0) is 30.6 Å². The van der Waals surface area contributed by atoms with Crippen molar-refractivity contribution >= 4 is 23.4 Å². The number of hydrazone groups is 1. The molecule has 8 heteroatoms. The number of nitrogens with zero attached hydrogens (tertiary/aromatic N) is 4. The number of ether oxygens (including phenoxy) is 1. The van der Waals surface area contributed by atoms with E-state index >= 15 is 0 Å². The zero-order chi connectivity index (χ0) is 18.1. The summed E-state index contributed by atoms with van der Waals surface area (Å²) in [6.45, 7) is 8.21. The van der Waals surface area contributed by atoms with Crippen LogP contribution in [0, 0.1) is 16.7 Å². The lowest BCUT2D eigenvalue weighted by molar-refractivity contribution is -0.118. The second kappa shape index (κ2) is 7.07. The molecule has 7 nitrogen and oxygen atoms in total. The first-order chi connectivity index (χ1) is 11.9. The van der Waals surface area contributed by atoms with E-state index in [1.165, 1.54) is 18.2 Å². The normalized spacial score (nSPS) is 28.6. The molecular formula is C17H27N5O2S. The fourth-order valence-electron chi connectivity index (χ4n) is 4.09. The van der Waals surface area contributed by atoms with E-state index in [2.05, 4.69) is 41.5 Å². The van der Waals surface area contributed by atoms with Gasteiger partial charge in [0.1, 0.15) is 6.33 Å². The predicted octanol–water partition coefficient (Wildman–Crippen LogP) is 2.33. The molecule has 1 N–H and O–H groups in total. The van der Waals surface area contributed by atoms with Crippen LogP contribution >= 0.6 is 11.8 Å². The van der Waals surface area contributed by atoms with Gasteiger partial charge in [0, 0.05) is 24.8 Å². The minimum atomic E-state index is -0.108. The van der Waals surface area contributed by atoms with Crippen LogP contribution in [0.25, 0.3) is 0 Å².